The van der Waals surface area contributed by atoms with Crippen molar-refractivity contribution in [1.29, 1.82) is 0 Å². The van der Waals surface area contributed by atoms with E-state index < -0.39 is 5.54 Å². The van der Waals surface area contributed by atoms with Crippen molar-refractivity contribution in [3.05, 3.63) is 80.8 Å². The van der Waals surface area contributed by atoms with Crippen LogP contribution in [0.1, 0.15) is 85.1 Å². The maximum Gasteiger partial charge on any atom is 0.252 e. The molecule has 3 aromatic heterocycles. The van der Waals surface area contributed by atoms with Gasteiger partial charge < -0.3 is 14.5 Å². The van der Waals surface area contributed by atoms with Crippen molar-refractivity contribution in [3.8, 4) is 11.5 Å². The predicted molar refractivity (Wildman–Crippen MR) is 181 cm³/mol. The third-order valence-corrected chi connectivity index (χ3v) is 10.3. The molecule has 0 aliphatic heterocycles. The van der Waals surface area contributed by atoms with E-state index in [0.29, 0.717) is 27.8 Å². The van der Waals surface area contributed by atoms with Gasteiger partial charge in [-0.1, -0.05) is 36.6 Å². The van der Waals surface area contributed by atoms with E-state index in [1.54, 1.807) is 18.5 Å². The molecule has 2 saturated carbocycles. The number of nitrogens with one attached hydrogen (secondary N) is 1. The number of benzene rings is 2. The molecule has 8 nitrogen and oxygen atoms in total. The normalized spacial score (nSPS) is 16.6. The molecule has 45 heavy (non-hydrogen) atoms. The van der Waals surface area contributed by atoms with Crippen molar-refractivity contribution in [2.45, 2.75) is 63.3 Å². The summed E-state index contributed by atoms with van der Waals surface area (Å²) in [7, 11) is 4.00. The second-order valence-corrected chi connectivity index (χ2v) is 13.8. The molecule has 230 valence electrons. The number of nitrogens with zero attached hydrogens (tertiary/aromatic N) is 5. The number of aromatic nitrogens is 5. The van der Waals surface area contributed by atoms with Gasteiger partial charge in [-0.05, 0) is 102 Å². The lowest BCUT2D eigenvalue weighted by molar-refractivity contribution is -0.112. The Morgan fingerprint density at radius 3 is 2.42 bits per heavy atom. The van der Waals surface area contributed by atoms with Crippen LogP contribution in [0.15, 0.2) is 53.3 Å². The van der Waals surface area contributed by atoms with Gasteiger partial charge in [0.2, 0.25) is 0 Å². The highest BCUT2D eigenvalue weighted by molar-refractivity contribution is 9.10. The zero-order valence-corrected chi connectivity index (χ0v) is 27.9. The van der Waals surface area contributed by atoms with Gasteiger partial charge in [-0.25, -0.2) is 15.0 Å². The highest BCUT2D eigenvalue weighted by atomic mass is 79.9. The van der Waals surface area contributed by atoms with E-state index >= 15 is 0 Å². The third-order valence-electron chi connectivity index (χ3n) is 9.56. The first-order chi connectivity index (χ1) is 21.6. The molecule has 0 bridgehead atoms. The molecular weight excluding hydrogens is 652 g/mol. The van der Waals surface area contributed by atoms with Gasteiger partial charge in [0.25, 0.3) is 5.91 Å². The molecule has 2 aromatic carbocycles. The Hall–Kier alpha value is -3.82. The summed E-state index contributed by atoms with van der Waals surface area (Å²) in [4.78, 5) is 39.7. The number of amides is 1. The number of imidazole rings is 1. The van der Waals surface area contributed by atoms with E-state index in [-0.39, 0.29) is 11.7 Å². The molecule has 0 radical (unpaired) electrons. The van der Waals surface area contributed by atoms with E-state index in [2.05, 4.69) is 41.8 Å². The molecule has 1 N–H and O–H groups in total. The highest BCUT2D eigenvalue weighted by Crippen LogP contribution is 2.45. The fourth-order valence-electron chi connectivity index (χ4n) is 7.17. The molecule has 2 aliphatic carbocycles. The average Bonchev–Trinajstić information content (AvgIpc) is 3.72. The molecule has 2 fully saturated rings. The molecule has 7 rings (SSSR count). The summed E-state index contributed by atoms with van der Waals surface area (Å²) < 4.78 is 5.00. The lowest BCUT2D eigenvalue weighted by Crippen LogP contribution is -2.52. The summed E-state index contributed by atoms with van der Waals surface area (Å²) in [5.74, 6) is 1.75. The number of fused-ring (bicyclic) bond motifs is 2. The van der Waals surface area contributed by atoms with Gasteiger partial charge in [-0.2, -0.15) is 0 Å². The fourth-order valence-corrected chi connectivity index (χ4v) is 7.64. The number of ketones is 1. The van der Waals surface area contributed by atoms with Gasteiger partial charge >= 0.3 is 0 Å². The van der Waals surface area contributed by atoms with E-state index in [0.717, 1.165) is 70.1 Å². The molecule has 2 aliphatic rings. The second kappa shape index (κ2) is 11.5. The maximum atomic E-state index is 14.0. The number of carbonyl (C=O) groups is 2. The van der Waals surface area contributed by atoms with Crippen LogP contribution in [0.3, 0.4) is 0 Å². The molecule has 0 unspecified atom stereocenters. The summed E-state index contributed by atoms with van der Waals surface area (Å²) in [6.07, 6.45) is 14.1. The van der Waals surface area contributed by atoms with E-state index in [1.807, 2.05) is 42.9 Å². The summed E-state index contributed by atoms with van der Waals surface area (Å²) in [6, 6.07) is 9.82. The third kappa shape index (κ3) is 5.20. The van der Waals surface area contributed by atoms with Gasteiger partial charge in [-0.15, -0.1) is 0 Å². The second-order valence-electron chi connectivity index (χ2n) is 12.5. The van der Waals surface area contributed by atoms with E-state index in [1.165, 1.54) is 31.4 Å². The largest absolute Gasteiger partial charge is 0.341 e. The van der Waals surface area contributed by atoms with Crippen molar-refractivity contribution in [2.75, 3.05) is 0 Å². The van der Waals surface area contributed by atoms with Gasteiger partial charge in [-0.3, -0.25) is 9.59 Å². The van der Waals surface area contributed by atoms with Crippen LogP contribution in [0.25, 0.3) is 39.5 Å². The Bertz CT molecular complexity index is 2020. The molecular formula is C35H34BrClN6O2. The summed E-state index contributed by atoms with van der Waals surface area (Å²) in [5, 5.41) is 5.04. The Balaban J connectivity index is 1.26. The summed E-state index contributed by atoms with van der Waals surface area (Å²) in [5.41, 5.74) is 5.66. The molecule has 1 amide bonds. The van der Waals surface area contributed by atoms with Crippen LogP contribution < -0.4 is 5.32 Å². The van der Waals surface area contributed by atoms with Crippen molar-refractivity contribution in [3.63, 3.8) is 0 Å². The minimum atomic E-state index is -0.599. The van der Waals surface area contributed by atoms with Crippen LogP contribution in [-0.4, -0.2) is 35.8 Å². The molecule has 0 spiro atoms. The standard InChI is InChI=1S/C35H34BrClN6O2/c1-20(44)9-10-21-15-26(37)30-28(16-21)43(3)34(40-30)35(13-6-14-35)41-33(45)23-11-12-25-27(17-23)42(2)31(29(25)22-7-4-5-8-22)32-38-18-24(36)19-39-32/h9-12,15-19,22H,4-8,13-14H2,1-3H3,(H,41,45)/b10-9+. The first-order valence-corrected chi connectivity index (χ1v) is 16.6. The number of rotatable bonds is 7. The highest BCUT2D eigenvalue weighted by Gasteiger charge is 2.44. The Labute approximate surface area is 275 Å². The van der Waals surface area contributed by atoms with Crippen molar-refractivity contribution >= 4 is 67.2 Å². The molecule has 0 atom stereocenters. The van der Waals surface area contributed by atoms with Crippen LogP contribution in [0.2, 0.25) is 5.02 Å². The minimum absolute atomic E-state index is 0.0331. The van der Waals surface area contributed by atoms with Crippen molar-refractivity contribution in [2.24, 2.45) is 14.1 Å². The number of hydrogen-bond donors (Lipinski definition) is 1. The van der Waals surface area contributed by atoms with Crippen LogP contribution in [0.5, 0.6) is 0 Å². The van der Waals surface area contributed by atoms with Gasteiger partial charge in [0, 0.05) is 43.0 Å². The van der Waals surface area contributed by atoms with Gasteiger partial charge in [0.1, 0.15) is 11.3 Å². The number of aryl methyl sites for hydroxylation is 2. The number of allylic oxidation sites excluding steroid dienone is 1. The van der Waals surface area contributed by atoms with Crippen LogP contribution in [-0.2, 0) is 24.4 Å². The maximum absolute atomic E-state index is 14.0. The lowest BCUT2D eigenvalue weighted by Gasteiger charge is -2.41. The first-order valence-electron chi connectivity index (χ1n) is 15.4. The summed E-state index contributed by atoms with van der Waals surface area (Å²) >= 11 is 10.1. The molecule has 10 heteroatoms. The average molecular weight is 686 g/mol. The zero-order chi connectivity index (χ0) is 31.5. The fraction of sp³-hybridized carbons (Fsp3) is 0.343. The molecule has 0 saturated heterocycles. The molecule has 3 heterocycles. The topological polar surface area (TPSA) is 94.7 Å². The lowest BCUT2D eigenvalue weighted by atomic mass is 9.75. The van der Waals surface area contributed by atoms with Crippen LogP contribution in [0.4, 0.5) is 0 Å². The van der Waals surface area contributed by atoms with E-state index in [9.17, 15) is 9.59 Å². The molecule has 5 aromatic rings. The smallest absolute Gasteiger partial charge is 0.252 e. The first kappa shape index (κ1) is 29.9. The van der Waals surface area contributed by atoms with Gasteiger partial charge in [0.15, 0.2) is 11.6 Å². The Morgan fingerprint density at radius 2 is 1.76 bits per heavy atom. The Morgan fingerprint density at radius 1 is 1.02 bits per heavy atom. The summed E-state index contributed by atoms with van der Waals surface area (Å²) in [6.45, 7) is 1.52. The van der Waals surface area contributed by atoms with Crippen molar-refractivity contribution < 1.29 is 9.59 Å². The quantitative estimate of drug-likeness (QED) is 0.175. The van der Waals surface area contributed by atoms with Crippen LogP contribution in [0, 0.1) is 0 Å². The zero-order valence-electron chi connectivity index (χ0n) is 25.5. The van der Waals surface area contributed by atoms with Crippen molar-refractivity contribution in [1.82, 2.24) is 29.4 Å². The number of halogens is 2. The Kier molecular flexibility index (Phi) is 7.64. The minimum Gasteiger partial charge on any atom is -0.341 e. The number of hydrogen-bond acceptors (Lipinski definition) is 5. The van der Waals surface area contributed by atoms with E-state index in [4.69, 9.17) is 16.6 Å². The predicted octanol–water partition coefficient (Wildman–Crippen LogP) is 8.01. The SMILES string of the molecule is CC(=O)/C=C/c1cc(Cl)c2nc(C3(NC(=O)c4ccc5c(C6CCCC6)c(-c6ncc(Br)cn6)n(C)c5c4)CCC3)n(C)c2c1. The number of carbonyl (C=O) groups excluding carboxylic acids is 2. The van der Waals surface area contributed by atoms with Crippen LogP contribution >= 0.6 is 27.5 Å². The monoisotopic (exact) mass is 684 g/mol. The van der Waals surface area contributed by atoms with Gasteiger partial charge in [0.05, 0.1) is 26.2 Å².